The van der Waals surface area contributed by atoms with Gasteiger partial charge in [0.15, 0.2) is 0 Å². The molecule has 3 rings (SSSR count). The second-order valence-electron chi connectivity index (χ2n) is 5.74. The van der Waals surface area contributed by atoms with Crippen molar-refractivity contribution in [3.05, 3.63) is 53.9 Å². The van der Waals surface area contributed by atoms with Gasteiger partial charge in [-0.2, -0.15) is 16.9 Å². The third-order valence-corrected chi connectivity index (χ3v) is 4.92. The summed E-state index contributed by atoms with van der Waals surface area (Å²) in [6.45, 7) is 2.28. The summed E-state index contributed by atoms with van der Waals surface area (Å²) in [5.74, 6) is 2.25. The Balaban J connectivity index is 1.44. The highest BCUT2D eigenvalue weighted by Crippen LogP contribution is 2.10. The molecule has 1 saturated heterocycles. The van der Waals surface area contributed by atoms with Crippen molar-refractivity contribution in [2.75, 3.05) is 18.1 Å². The number of rotatable bonds is 6. The van der Waals surface area contributed by atoms with Crippen LogP contribution in [0.1, 0.15) is 17.5 Å². The second kappa shape index (κ2) is 8.17. The van der Waals surface area contributed by atoms with Crippen LogP contribution < -0.4 is 10.6 Å². The average Bonchev–Trinajstić information content (AvgIpc) is 3.02. The molecule has 5 nitrogen and oxygen atoms in total. The Labute approximate surface area is 140 Å². The van der Waals surface area contributed by atoms with E-state index in [-0.39, 0.29) is 5.91 Å². The fourth-order valence-corrected chi connectivity index (χ4v) is 3.55. The van der Waals surface area contributed by atoms with Crippen molar-refractivity contribution in [3.8, 4) is 0 Å². The van der Waals surface area contributed by atoms with Crippen LogP contribution >= 0.6 is 11.8 Å². The van der Waals surface area contributed by atoms with Crippen molar-refractivity contribution in [3.63, 3.8) is 0 Å². The van der Waals surface area contributed by atoms with E-state index in [0.717, 1.165) is 30.2 Å². The fraction of sp³-hybridized carbons (Fsp3) is 0.412. The highest BCUT2D eigenvalue weighted by Gasteiger charge is 2.16. The quantitative estimate of drug-likeness (QED) is 0.845. The lowest BCUT2D eigenvalue weighted by Crippen LogP contribution is -2.41. The fourth-order valence-electron chi connectivity index (χ4n) is 2.60. The number of hydrogen-bond acceptors (Lipinski definition) is 4. The Morgan fingerprint density at radius 2 is 2.22 bits per heavy atom. The molecule has 2 aromatic rings. The first-order valence-corrected chi connectivity index (χ1v) is 9.08. The Morgan fingerprint density at radius 3 is 3.00 bits per heavy atom. The van der Waals surface area contributed by atoms with Gasteiger partial charge in [0, 0.05) is 48.8 Å². The molecule has 2 N–H and O–H groups in total. The number of aromatic nitrogens is 2. The lowest BCUT2D eigenvalue weighted by atomic mass is 10.2. The predicted molar refractivity (Wildman–Crippen MR) is 93.4 cm³/mol. The first-order chi connectivity index (χ1) is 11.3. The molecule has 1 aliphatic rings. The van der Waals surface area contributed by atoms with Crippen LogP contribution in [0, 0.1) is 0 Å². The highest BCUT2D eigenvalue weighted by molar-refractivity contribution is 7.99. The number of carbonyl (C=O) groups excluding carboxylic acids is 1. The van der Waals surface area contributed by atoms with Gasteiger partial charge in [0.05, 0.1) is 12.7 Å². The van der Waals surface area contributed by atoms with Gasteiger partial charge in [-0.3, -0.25) is 9.48 Å². The zero-order valence-electron chi connectivity index (χ0n) is 13.1. The molecule has 0 aliphatic carbocycles. The van der Waals surface area contributed by atoms with Crippen molar-refractivity contribution in [2.45, 2.75) is 25.6 Å². The zero-order chi connectivity index (χ0) is 15.9. The van der Waals surface area contributed by atoms with Crippen LogP contribution in [0.3, 0.4) is 0 Å². The van der Waals surface area contributed by atoms with E-state index in [9.17, 15) is 4.79 Å². The Morgan fingerprint density at radius 1 is 1.35 bits per heavy atom. The van der Waals surface area contributed by atoms with Gasteiger partial charge in [0.25, 0.3) is 0 Å². The molecule has 0 bridgehead atoms. The lowest BCUT2D eigenvalue weighted by Gasteiger charge is -2.22. The van der Waals surface area contributed by atoms with Crippen LogP contribution in [0.15, 0.2) is 42.7 Å². The van der Waals surface area contributed by atoms with Crippen molar-refractivity contribution >= 4 is 17.7 Å². The van der Waals surface area contributed by atoms with Gasteiger partial charge in [0.2, 0.25) is 5.91 Å². The molecule has 1 atom stereocenters. The van der Waals surface area contributed by atoms with Gasteiger partial charge in [-0.1, -0.05) is 30.3 Å². The maximum Gasteiger partial charge on any atom is 0.221 e. The van der Waals surface area contributed by atoms with E-state index in [0.29, 0.717) is 19.0 Å². The molecule has 23 heavy (non-hydrogen) atoms. The molecule has 122 valence electrons. The van der Waals surface area contributed by atoms with E-state index in [1.165, 1.54) is 5.56 Å². The number of carbonyl (C=O) groups is 1. The van der Waals surface area contributed by atoms with E-state index in [2.05, 4.69) is 27.9 Å². The van der Waals surface area contributed by atoms with E-state index < -0.39 is 0 Å². The predicted octanol–water partition coefficient (Wildman–Crippen LogP) is 1.64. The average molecular weight is 330 g/mol. The van der Waals surface area contributed by atoms with Crippen LogP contribution in [0.25, 0.3) is 0 Å². The van der Waals surface area contributed by atoms with Crippen molar-refractivity contribution in [2.24, 2.45) is 0 Å². The molecule has 0 saturated carbocycles. The summed E-state index contributed by atoms with van der Waals surface area (Å²) < 4.78 is 1.90. The normalized spacial score (nSPS) is 17.8. The zero-order valence-corrected chi connectivity index (χ0v) is 13.9. The number of nitrogens with zero attached hydrogens (tertiary/aromatic N) is 2. The lowest BCUT2D eigenvalue weighted by molar-refractivity contribution is -0.121. The van der Waals surface area contributed by atoms with Crippen LogP contribution in [-0.4, -0.2) is 39.8 Å². The topological polar surface area (TPSA) is 59.0 Å². The summed E-state index contributed by atoms with van der Waals surface area (Å²) in [5, 5.41) is 10.7. The summed E-state index contributed by atoms with van der Waals surface area (Å²) in [5.41, 5.74) is 2.24. The third kappa shape index (κ3) is 5.11. The molecule has 6 heteroatoms. The maximum absolute atomic E-state index is 12.0. The van der Waals surface area contributed by atoms with E-state index in [1.807, 2.05) is 47.0 Å². The van der Waals surface area contributed by atoms with Crippen LogP contribution in [0.4, 0.5) is 0 Å². The SMILES string of the molecule is O=C(CC1CSCCN1)NCc1cnn(Cc2ccccc2)c1. The summed E-state index contributed by atoms with van der Waals surface area (Å²) in [7, 11) is 0. The molecule has 1 aromatic heterocycles. The van der Waals surface area contributed by atoms with Gasteiger partial charge in [-0.15, -0.1) is 0 Å². The maximum atomic E-state index is 12.0. The van der Waals surface area contributed by atoms with Crippen molar-refractivity contribution in [1.82, 2.24) is 20.4 Å². The van der Waals surface area contributed by atoms with Crippen molar-refractivity contribution < 1.29 is 4.79 Å². The first-order valence-electron chi connectivity index (χ1n) is 7.93. The third-order valence-electron chi connectivity index (χ3n) is 3.79. The molecule has 1 unspecified atom stereocenters. The van der Waals surface area contributed by atoms with Crippen LogP contribution in [0.5, 0.6) is 0 Å². The van der Waals surface area contributed by atoms with Crippen LogP contribution in [0.2, 0.25) is 0 Å². The molecule has 0 spiro atoms. The summed E-state index contributed by atoms with van der Waals surface area (Å²) in [6, 6.07) is 10.5. The number of benzene rings is 1. The minimum atomic E-state index is 0.0980. The van der Waals surface area contributed by atoms with Crippen molar-refractivity contribution in [1.29, 1.82) is 0 Å². The molecule has 0 radical (unpaired) electrons. The first kappa shape index (κ1) is 16.1. The summed E-state index contributed by atoms with van der Waals surface area (Å²) >= 11 is 1.91. The van der Waals surface area contributed by atoms with Gasteiger partial charge in [0.1, 0.15) is 0 Å². The van der Waals surface area contributed by atoms with Gasteiger partial charge in [-0.05, 0) is 5.56 Å². The van der Waals surface area contributed by atoms with Gasteiger partial charge >= 0.3 is 0 Å². The van der Waals surface area contributed by atoms with Gasteiger partial charge in [-0.25, -0.2) is 0 Å². The molecular weight excluding hydrogens is 308 g/mol. The highest BCUT2D eigenvalue weighted by atomic mass is 32.2. The van der Waals surface area contributed by atoms with E-state index >= 15 is 0 Å². The number of nitrogens with one attached hydrogen (secondary N) is 2. The molecular formula is C17H22N4OS. The molecule has 1 aliphatic heterocycles. The summed E-state index contributed by atoms with van der Waals surface area (Å²) in [4.78, 5) is 12.0. The van der Waals surface area contributed by atoms with Gasteiger partial charge < -0.3 is 10.6 Å². The Kier molecular flexibility index (Phi) is 5.71. The largest absolute Gasteiger partial charge is 0.352 e. The standard InChI is InChI=1S/C17H22N4OS/c22-17(8-16-13-23-7-6-18-16)19-9-15-10-20-21(12-15)11-14-4-2-1-3-5-14/h1-5,10,12,16,18H,6-9,11,13H2,(H,19,22). The second-order valence-corrected chi connectivity index (χ2v) is 6.89. The monoisotopic (exact) mass is 330 g/mol. The molecule has 1 fully saturated rings. The smallest absolute Gasteiger partial charge is 0.221 e. The van der Waals surface area contributed by atoms with E-state index in [1.54, 1.807) is 0 Å². The number of amides is 1. The number of thioether (sulfide) groups is 1. The Hall–Kier alpha value is -1.79. The number of hydrogen-bond donors (Lipinski definition) is 2. The minimum absolute atomic E-state index is 0.0980. The van der Waals surface area contributed by atoms with E-state index in [4.69, 9.17) is 0 Å². The molecule has 2 heterocycles. The minimum Gasteiger partial charge on any atom is -0.352 e. The summed E-state index contributed by atoms with van der Waals surface area (Å²) in [6.07, 6.45) is 4.35. The molecule has 1 amide bonds. The Bertz CT molecular complexity index is 623. The van der Waals surface area contributed by atoms with Crippen LogP contribution in [-0.2, 0) is 17.9 Å². The molecule has 1 aromatic carbocycles.